The molecule has 0 saturated heterocycles. The number of fused-ring (bicyclic) bond motifs is 1. The Labute approximate surface area is 173 Å². The summed E-state index contributed by atoms with van der Waals surface area (Å²) in [6.45, 7) is 10.5. The van der Waals surface area contributed by atoms with E-state index >= 15 is 0 Å². The molecule has 0 radical (unpaired) electrons. The zero-order valence-electron chi connectivity index (χ0n) is 16.3. The molecule has 5 nitrogen and oxygen atoms in total. The molecule has 3 rings (SSSR count). The third-order valence-corrected chi connectivity index (χ3v) is 4.77. The topological polar surface area (TPSA) is 91.9 Å². The Hall–Kier alpha value is -2.51. The van der Waals surface area contributed by atoms with Crippen LogP contribution in [0.4, 0.5) is 15.2 Å². The van der Waals surface area contributed by atoms with Gasteiger partial charge in [-0.3, -0.25) is 10.1 Å². The fourth-order valence-corrected chi connectivity index (χ4v) is 3.53. The number of halogens is 2. The van der Waals surface area contributed by atoms with E-state index in [0.29, 0.717) is 31.6 Å². The number of hydrogen-bond donors (Lipinski definition) is 3. The predicted octanol–water partition coefficient (Wildman–Crippen LogP) is 6.34. The van der Waals surface area contributed by atoms with Gasteiger partial charge in [-0.2, -0.15) is 0 Å². The summed E-state index contributed by atoms with van der Waals surface area (Å²) in [7, 11) is 0. The van der Waals surface area contributed by atoms with Crippen molar-refractivity contribution in [2.24, 2.45) is 0 Å². The largest absolute Gasteiger partial charge is 0.398 e. The molecule has 3 aromatic rings. The second kappa shape index (κ2) is 10.7. The highest BCUT2D eigenvalue weighted by Crippen LogP contribution is 2.31. The maximum atomic E-state index is 13.3. The highest BCUT2D eigenvalue weighted by atomic mass is 35.5. The number of anilines is 2. The van der Waals surface area contributed by atoms with Crippen molar-refractivity contribution < 1.29 is 9.18 Å². The van der Waals surface area contributed by atoms with E-state index in [9.17, 15) is 9.18 Å². The van der Waals surface area contributed by atoms with Crippen LogP contribution in [0.15, 0.2) is 30.3 Å². The number of nitrogens with two attached hydrogens (primary N) is 1. The van der Waals surface area contributed by atoms with Crippen molar-refractivity contribution in [3.8, 4) is 0 Å². The molecule has 0 unspecified atom stereocenters. The van der Waals surface area contributed by atoms with E-state index in [1.165, 1.54) is 29.5 Å². The van der Waals surface area contributed by atoms with Gasteiger partial charge < -0.3 is 11.1 Å². The molecule has 8 heteroatoms. The summed E-state index contributed by atoms with van der Waals surface area (Å²) < 4.78 is 13.9. The SMILES string of the molecule is C=N.CC.CC(C)c1cc(Cl)cc(C(=O)Nc2nc3ccc(F)cc3s2)c1N. The van der Waals surface area contributed by atoms with Gasteiger partial charge in [0.15, 0.2) is 5.13 Å². The van der Waals surface area contributed by atoms with Gasteiger partial charge in [0.1, 0.15) is 5.82 Å². The van der Waals surface area contributed by atoms with Crippen molar-refractivity contribution in [3.63, 3.8) is 0 Å². The number of rotatable bonds is 3. The quantitative estimate of drug-likeness (QED) is 0.339. The molecule has 4 N–H and O–H groups in total. The van der Waals surface area contributed by atoms with Gasteiger partial charge in [0, 0.05) is 10.7 Å². The number of nitrogens with one attached hydrogen (secondary N) is 2. The number of hydrogen-bond acceptors (Lipinski definition) is 5. The second-order valence-corrected chi connectivity index (χ2v) is 7.16. The van der Waals surface area contributed by atoms with Crippen LogP contribution in [0.1, 0.15) is 49.5 Å². The molecule has 0 atom stereocenters. The number of nitrogen functional groups attached to an aromatic ring is 1. The lowest BCUT2D eigenvalue weighted by Gasteiger charge is -2.14. The van der Waals surface area contributed by atoms with Gasteiger partial charge in [0.25, 0.3) is 5.91 Å². The lowest BCUT2D eigenvalue weighted by atomic mass is 9.97. The van der Waals surface area contributed by atoms with E-state index in [1.54, 1.807) is 12.1 Å². The zero-order chi connectivity index (χ0) is 21.4. The molecular weight excluding hydrogens is 399 g/mol. The summed E-state index contributed by atoms with van der Waals surface area (Å²) in [5.41, 5.74) is 8.26. The molecule has 0 aliphatic carbocycles. The molecule has 2 aromatic carbocycles. The van der Waals surface area contributed by atoms with E-state index in [0.717, 1.165) is 5.56 Å². The highest BCUT2D eigenvalue weighted by molar-refractivity contribution is 7.22. The average molecular weight is 423 g/mol. The molecule has 1 aromatic heterocycles. The van der Waals surface area contributed by atoms with Crippen molar-refractivity contribution in [2.45, 2.75) is 33.6 Å². The summed E-state index contributed by atoms with van der Waals surface area (Å²) >= 11 is 7.30. The zero-order valence-corrected chi connectivity index (χ0v) is 17.8. The van der Waals surface area contributed by atoms with Crippen LogP contribution in [0, 0.1) is 11.2 Å². The van der Waals surface area contributed by atoms with Crippen molar-refractivity contribution >= 4 is 56.6 Å². The molecule has 0 spiro atoms. The van der Waals surface area contributed by atoms with Crippen molar-refractivity contribution in [1.29, 1.82) is 5.41 Å². The summed E-state index contributed by atoms with van der Waals surface area (Å²) in [6, 6.07) is 7.58. The number of nitrogens with zero attached hydrogens (tertiary/aromatic N) is 1. The van der Waals surface area contributed by atoms with Crippen LogP contribution in [0.25, 0.3) is 10.2 Å². The Bertz CT molecular complexity index is 959. The van der Waals surface area contributed by atoms with Crippen LogP contribution >= 0.6 is 22.9 Å². The lowest BCUT2D eigenvalue weighted by Crippen LogP contribution is -2.15. The summed E-state index contributed by atoms with van der Waals surface area (Å²) in [6.07, 6.45) is 0. The maximum absolute atomic E-state index is 13.3. The summed E-state index contributed by atoms with van der Waals surface area (Å²) in [4.78, 5) is 16.8. The van der Waals surface area contributed by atoms with Gasteiger partial charge in [0.2, 0.25) is 0 Å². The molecule has 28 heavy (non-hydrogen) atoms. The third-order valence-electron chi connectivity index (χ3n) is 3.61. The van der Waals surface area contributed by atoms with E-state index in [2.05, 4.69) is 17.0 Å². The fourth-order valence-electron chi connectivity index (χ4n) is 2.42. The van der Waals surface area contributed by atoms with E-state index in [1.807, 2.05) is 27.7 Å². The molecular formula is C20H24ClFN4OS. The van der Waals surface area contributed by atoms with Crippen LogP contribution < -0.4 is 11.1 Å². The van der Waals surface area contributed by atoms with Crippen molar-refractivity contribution in [1.82, 2.24) is 4.98 Å². The van der Waals surface area contributed by atoms with Crippen LogP contribution in [0.2, 0.25) is 5.02 Å². The minimum absolute atomic E-state index is 0.140. The Morgan fingerprint density at radius 1 is 1.29 bits per heavy atom. The van der Waals surface area contributed by atoms with Crippen LogP contribution in [-0.4, -0.2) is 17.6 Å². The number of thiazole rings is 1. The van der Waals surface area contributed by atoms with Gasteiger partial charge in [0.05, 0.1) is 15.8 Å². The first-order valence-electron chi connectivity index (χ1n) is 8.67. The van der Waals surface area contributed by atoms with Crippen molar-refractivity contribution in [2.75, 3.05) is 11.1 Å². The Morgan fingerprint density at radius 2 is 1.93 bits per heavy atom. The molecule has 1 amide bonds. The van der Waals surface area contributed by atoms with E-state index in [4.69, 9.17) is 22.7 Å². The lowest BCUT2D eigenvalue weighted by molar-refractivity contribution is 0.102. The Balaban J connectivity index is 0.000000921. The van der Waals surface area contributed by atoms with Gasteiger partial charge in [-0.15, -0.1) is 0 Å². The first-order chi connectivity index (χ1) is 13.3. The van der Waals surface area contributed by atoms with Crippen LogP contribution in [-0.2, 0) is 0 Å². The monoisotopic (exact) mass is 422 g/mol. The highest BCUT2D eigenvalue weighted by Gasteiger charge is 2.17. The third kappa shape index (κ3) is 5.50. The fraction of sp³-hybridized carbons (Fsp3) is 0.250. The normalized spacial score (nSPS) is 9.96. The van der Waals surface area contributed by atoms with Crippen LogP contribution in [0.3, 0.4) is 0 Å². The molecule has 0 aliphatic rings. The first kappa shape index (κ1) is 23.5. The second-order valence-electron chi connectivity index (χ2n) is 5.70. The minimum atomic E-state index is -0.392. The van der Waals surface area contributed by atoms with E-state index < -0.39 is 5.91 Å². The molecule has 0 bridgehead atoms. The number of aromatic nitrogens is 1. The molecule has 150 valence electrons. The van der Waals surface area contributed by atoms with Crippen molar-refractivity contribution in [3.05, 3.63) is 52.3 Å². The first-order valence-corrected chi connectivity index (χ1v) is 9.86. The van der Waals surface area contributed by atoms with Gasteiger partial charge >= 0.3 is 0 Å². The molecule has 0 saturated carbocycles. The summed E-state index contributed by atoms with van der Waals surface area (Å²) in [5, 5.41) is 9.04. The van der Waals surface area contributed by atoms with E-state index in [-0.39, 0.29) is 11.7 Å². The maximum Gasteiger partial charge on any atom is 0.259 e. The minimum Gasteiger partial charge on any atom is -0.398 e. The van der Waals surface area contributed by atoms with Gasteiger partial charge in [-0.1, -0.05) is 50.6 Å². The summed E-state index contributed by atoms with van der Waals surface area (Å²) in [5.74, 6) is -0.596. The smallest absolute Gasteiger partial charge is 0.259 e. The van der Waals surface area contributed by atoms with Gasteiger partial charge in [-0.05, 0) is 48.5 Å². The molecule has 1 heterocycles. The Morgan fingerprint density at radius 3 is 2.54 bits per heavy atom. The average Bonchev–Trinajstić information content (AvgIpc) is 3.07. The number of amides is 1. The van der Waals surface area contributed by atoms with Crippen LogP contribution in [0.5, 0.6) is 0 Å². The standard InChI is InChI=1S/C17H15ClFN3OS.C2H6.CH3N/c1-8(2)11-5-9(18)6-12(15(11)20)16(23)22-17-21-13-4-3-10(19)7-14(13)24-17;2*1-2/h3-8H,20H2,1-2H3,(H,21,22,23);1-2H3;2H,1H2. The number of carbonyl (C=O) groups excluding carboxylic acids is 1. The number of carbonyl (C=O) groups is 1. The van der Waals surface area contributed by atoms with Gasteiger partial charge in [-0.25, -0.2) is 9.37 Å². The Kier molecular flexibility index (Phi) is 9.02. The molecule has 0 fully saturated rings. The molecule has 0 aliphatic heterocycles. The number of benzene rings is 2. The predicted molar refractivity (Wildman–Crippen MR) is 119 cm³/mol.